The zero-order valence-electron chi connectivity index (χ0n) is 15.2. The van der Waals surface area contributed by atoms with Gasteiger partial charge in [0.2, 0.25) is 5.91 Å². The number of nitrogens with one attached hydrogen (secondary N) is 1. The Morgan fingerprint density at radius 2 is 2.20 bits per heavy atom. The van der Waals surface area contributed by atoms with Crippen LogP contribution in [0.1, 0.15) is 29.4 Å². The molecule has 25 heavy (non-hydrogen) atoms. The van der Waals surface area contributed by atoms with E-state index < -0.39 is 0 Å². The third kappa shape index (κ3) is 4.25. The zero-order chi connectivity index (χ0) is 17.8. The topological polar surface area (TPSA) is 50.2 Å². The predicted molar refractivity (Wildman–Crippen MR) is 102 cm³/mol. The first-order chi connectivity index (χ1) is 12.1. The maximum Gasteiger partial charge on any atom is 0.224 e. The second kappa shape index (κ2) is 8.06. The highest BCUT2D eigenvalue weighted by Crippen LogP contribution is 2.24. The van der Waals surface area contributed by atoms with Crippen LogP contribution in [0.4, 0.5) is 0 Å². The maximum absolute atomic E-state index is 12.8. The van der Waals surface area contributed by atoms with E-state index in [1.807, 2.05) is 22.7 Å². The van der Waals surface area contributed by atoms with Gasteiger partial charge in [0, 0.05) is 56.1 Å². The molecule has 1 amide bonds. The second-order valence-corrected chi connectivity index (χ2v) is 7.72. The van der Waals surface area contributed by atoms with Crippen molar-refractivity contribution >= 4 is 17.7 Å². The first-order valence-corrected chi connectivity index (χ1v) is 9.72. The molecule has 0 radical (unpaired) electrons. The third-order valence-corrected chi connectivity index (χ3v) is 5.78. The number of nitrogens with zero attached hydrogens (tertiary/aromatic N) is 3. The molecule has 1 fully saturated rings. The summed E-state index contributed by atoms with van der Waals surface area (Å²) in [4.78, 5) is 20.4. The van der Waals surface area contributed by atoms with Crippen LogP contribution in [0, 0.1) is 13.8 Å². The molecule has 2 aromatic rings. The van der Waals surface area contributed by atoms with Gasteiger partial charge < -0.3 is 14.8 Å². The summed E-state index contributed by atoms with van der Waals surface area (Å²) < 4.78 is 2.00. The number of benzene rings is 1. The van der Waals surface area contributed by atoms with Gasteiger partial charge in [-0.25, -0.2) is 4.98 Å². The SMILES string of the molecule is Cc1ccc(SCCC(=O)N2CCNCC2c2nccn2C)cc1C. The van der Waals surface area contributed by atoms with Crippen LogP contribution >= 0.6 is 11.8 Å². The van der Waals surface area contributed by atoms with Gasteiger partial charge >= 0.3 is 0 Å². The van der Waals surface area contributed by atoms with Gasteiger partial charge in [-0.1, -0.05) is 6.07 Å². The van der Waals surface area contributed by atoms with E-state index in [1.54, 1.807) is 18.0 Å². The lowest BCUT2D eigenvalue weighted by Gasteiger charge is -2.35. The number of carbonyl (C=O) groups is 1. The lowest BCUT2D eigenvalue weighted by atomic mass is 10.1. The first-order valence-electron chi connectivity index (χ1n) is 8.73. The fourth-order valence-electron chi connectivity index (χ4n) is 3.14. The second-order valence-electron chi connectivity index (χ2n) is 6.55. The number of aromatic nitrogens is 2. The van der Waals surface area contributed by atoms with Gasteiger partial charge in [-0.2, -0.15) is 0 Å². The Morgan fingerprint density at radius 3 is 2.92 bits per heavy atom. The summed E-state index contributed by atoms with van der Waals surface area (Å²) in [6, 6.07) is 6.51. The summed E-state index contributed by atoms with van der Waals surface area (Å²) >= 11 is 1.75. The number of amides is 1. The number of aryl methyl sites for hydroxylation is 3. The van der Waals surface area contributed by atoms with Crippen molar-refractivity contribution in [3.8, 4) is 0 Å². The molecule has 1 N–H and O–H groups in total. The Labute approximate surface area is 153 Å². The minimum Gasteiger partial charge on any atom is -0.336 e. The molecule has 134 valence electrons. The molecule has 1 aliphatic heterocycles. The summed E-state index contributed by atoms with van der Waals surface area (Å²) in [6.07, 6.45) is 4.28. The number of imidazole rings is 1. The van der Waals surface area contributed by atoms with E-state index in [0.717, 1.165) is 31.2 Å². The lowest BCUT2D eigenvalue weighted by molar-refractivity contribution is -0.134. The van der Waals surface area contributed by atoms with Crippen molar-refractivity contribution in [3.05, 3.63) is 47.5 Å². The van der Waals surface area contributed by atoms with Crippen molar-refractivity contribution < 1.29 is 4.79 Å². The van der Waals surface area contributed by atoms with E-state index in [2.05, 4.69) is 42.3 Å². The molecule has 0 saturated carbocycles. The van der Waals surface area contributed by atoms with Gasteiger partial charge in [0.25, 0.3) is 0 Å². The Bertz CT molecular complexity index is 743. The van der Waals surface area contributed by atoms with Gasteiger partial charge in [-0.15, -0.1) is 11.8 Å². The van der Waals surface area contributed by atoms with Gasteiger partial charge in [0.05, 0.1) is 0 Å². The van der Waals surface area contributed by atoms with Crippen LogP contribution in [0.25, 0.3) is 0 Å². The van der Waals surface area contributed by atoms with E-state index in [4.69, 9.17) is 0 Å². The molecule has 0 bridgehead atoms. The molecule has 6 heteroatoms. The number of hydrogen-bond acceptors (Lipinski definition) is 4. The van der Waals surface area contributed by atoms with E-state index in [9.17, 15) is 4.79 Å². The quantitative estimate of drug-likeness (QED) is 0.835. The Hall–Kier alpha value is -1.79. The number of piperazine rings is 1. The number of carbonyl (C=O) groups excluding carboxylic acids is 1. The van der Waals surface area contributed by atoms with Crippen LogP contribution in [0.5, 0.6) is 0 Å². The summed E-state index contributed by atoms with van der Waals surface area (Å²) in [5.74, 6) is 1.96. The average Bonchev–Trinajstić information content (AvgIpc) is 3.04. The molecule has 5 nitrogen and oxygen atoms in total. The summed E-state index contributed by atoms with van der Waals surface area (Å²) in [6.45, 7) is 6.60. The van der Waals surface area contributed by atoms with Crippen molar-refractivity contribution in [2.24, 2.45) is 7.05 Å². The van der Waals surface area contributed by atoms with E-state index in [-0.39, 0.29) is 11.9 Å². The van der Waals surface area contributed by atoms with Gasteiger partial charge in [-0.05, 0) is 37.1 Å². The standard InChI is InChI=1S/C19H26N4OS/c1-14-4-5-16(12-15(14)2)25-11-6-18(24)23-10-7-20-13-17(23)19-21-8-9-22(19)3/h4-5,8-9,12,17,20H,6-7,10-11,13H2,1-3H3. The number of hydrogen-bond donors (Lipinski definition) is 1. The third-order valence-electron chi connectivity index (χ3n) is 4.78. The summed E-state index contributed by atoms with van der Waals surface area (Å²) in [5.41, 5.74) is 2.60. The zero-order valence-corrected chi connectivity index (χ0v) is 16.0. The molecule has 1 aromatic carbocycles. The number of rotatable bonds is 5. The molecule has 1 atom stereocenters. The molecule has 1 aliphatic rings. The van der Waals surface area contributed by atoms with Gasteiger partial charge in [-0.3, -0.25) is 4.79 Å². The Kier molecular flexibility index (Phi) is 5.81. The van der Waals surface area contributed by atoms with Crippen LogP contribution in [0.3, 0.4) is 0 Å². The van der Waals surface area contributed by atoms with Crippen molar-refractivity contribution in [3.63, 3.8) is 0 Å². The highest BCUT2D eigenvalue weighted by molar-refractivity contribution is 7.99. The van der Waals surface area contributed by atoms with Crippen molar-refractivity contribution in [1.29, 1.82) is 0 Å². The minimum absolute atomic E-state index is 0.0212. The van der Waals surface area contributed by atoms with Crippen molar-refractivity contribution in [2.45, 2.75) is 31.2 Å². The van der Waals surface area contributed by atoms with Crippen molar-refractivity contribution in [1.82, 2.24) is 19.8 Å². The Balaban J connectivity index is 1.59. The molecule has 1 unspecified atom stereocenters. The smallest absolute Gasteiger partial charge is 0.224 e. The molecule has 0 aliphatic carbocycles. The van der Waals surface area contributed by atoms with Crippen molar-refractivity contribution in [2.75, 3.05) is 25.4 Å². The molecule has 3 rings (SSSR count). The van der Waals surface area contributed by atoms with E-state index in [0.29, 0.717) is 6.42 Å². The summed E-state index contributed by atoms with van der Waals surface area (Å²) in [7, 11) is 1.98. The monoisotopic (exact) mass is 358 g/mol. The molecule has 1 aromatic heterocycles. The first kappa shape index (κ1) is 18.0. The molecule has 0 spiro atoms. The molecule has 2 heterocycles. The fraction of sp³-hybridized carbons (Fsp3) is 0.474. The van der Waals surface area contributed by atoms with Gasteiger partial charge in [0.15, 0.2) is 0 Å². The van der Waals surface area contributed by atoms with Crippen LogP contribution < -0.4 is 5.32 Å². The summed E-state index contributed by atoms with van der Waals surface area (Å²) in [5, 5.41) is 3.38. The van der Waals surface area contributed by atoms with Crippen LogP contribution in [0.2, 0.25) is 0 Å². The van der Waals surface area contributed by atoms with E-state index in [1.165, 1.54) is 16.0 Å². The van der Waals surface area contributed by atoms with Crippen LogP contribution in [-0.4, -0.2) is 45.7 Å². The van der Waals surface area contributed by atoms with Crippen LogP contribution in [-0.2, 0) is 11.8 Å². The maximum atomic E-state index is 12.8. The predicted octanol–water partition coefficient (Wildman–Crippen LogP) is 2.69. The number of thioether (sulfide) groups is 1. The molecular formula is C19H26N4OS. The fourth-order valence-corrected chi connectivity index (χ4v) is 4.07. The lowest BCUT2D eigenvalue weighted by Crippen LogP contribution is -2.49. The average molecular weight is 359 g/mol. The minimum atomic E-state index is 0.0212. The molecular weight excluding hydrogens is 332 g/mol. The largest absolute Gasteiger partial charge is 0.336 e. The van der Waals surface area contributed by atoms with Gasteiger partial charge in [0.1, 0.15) is 11.9 Å². The van der Waals surface area contributed by atoms with E-state index >= 15 is 0 Å². The normalized spacial score (nSPS) is 17.7. The van der Waals surface area contributed by atoms with Crippen LogP contribution in [0.15, 0.2) is 35.5 Å². The highest BCUT2D eigenvalue weighted by atomic mass is 32.2. The molecule has 1 saturated heterocycles. The highest BCUT2D eigenvalue weighted by Gasteiger charge is 2.29. The Morgan fingerprint density at radius 1 is 1.36 bits per heavy atom.